The van der Waals surface area contributed by atoms with Gasteiger partial charge in [-0.2, -0.15) is 0 Å². The Morgan fingerprint density at radius 1 is 1.24 bits per heavy atom. The van der Waals surface area contributed by atoms with Crippen LogP contribution in [0.3, 0.4) is 0 Å². The highest BCUT2D eigenvalue weighted by Gasteiger charge is 2.62. The maximum absolute atomic E-state index is 12.9. The summed E-state index contributed by atoms with van der Waals surface area (Å²) >= 11 is 2.58. The Morgan fingerprint density at radius 2 is 1.97 bits per heavy atom. The van der Waals surface area contributed by atoms with Crippen LogP contribution in [0.15, 0.2) is 30.3 Å². The minimum Gasteiger partial charge on any atom is -0.542 e. The highest BCUT2D eigenvalue weighted by Crippen LogP contribution is 2.56. The van der Waals surface area contributed by atoms with Crippen LogP contribution in [0.25, 0.3) is 0 Å². The van der Waals surface area contributed by atoms with Crippen LogP contribution >= 0.6 is 23.5 Å². The molecule has 3 aliphatic rings. The second-order valence-corrected chi connectivity index (χ2v) is 13.4. The number of carbonyl (C=O) groups excluding carboxylic acids is 4. The van der Waals surface area contributed by atoms with Crippen molar-refractivity contribution in [3.63, 3.8) is 0 Å². The standard InChI is InChI=1S/C25H31BN2O7S2/c1-24(2,3)34-23(32)27-9-10-33-13-17(27)14-36-25(22(31)35-26)15-28-20(30)19(21(28)37-25)12-18(29)11-16-7-5-4-6-8-16/h4-8,17,19,21H,9-15H2,1-3H3/t17-,19-,21-,25-/m1/s1. The van der Waals surface area contributed by atoms with Gasteiger partial charge < -0.3 is 19.0 Å². The van der Waals surface area contributed by atoms with E-state index in [-0.39, 0.29) is 42.5 Å². The minimum atomic E-state index is -1.16. The van der Waals surface area contributed by atoms with Gasteiger partial charge in [-0.15, -0.1) is 23.5 Å². The number of rotatable bonds is 8. The number of morpholine rings is 1. The third kappa shape index (κ3) is 6.29. The second-order valence-electron chi connectivity index (χ2n) is 10.4. The number of benzene rings is 1. The van der Waals surface area contributed by atoms with E-state index in [1.165, 1.54) is 23.5 Å². The minimum absolute atomic E-state index is 0.0243. The van der Waals surface area contributed by atoms with Crippen molar-refractivity contribution in [1.82, 2.24) is 9.80 Å². The molecule has 0 saturated carbocycles. The number of nitrogens with zero attached hydrogens (tertiary/aromatic N) is 2. The molecule has 3 aliphatic heterocycles. The molecule has 12 heteroatoms. The fourth-order valence-corrected chi connectivity index (χ4v) is 7.96. The monoisotopic (exact) mass is 546 g/mol. The topological polar surface area (TPSA) is 102 Å². The summed E-state index contributed by atoms with van der Waals surface area (Å²) in [6.45, 7) is 6.60. The van der Waals surface area contributed by atoms with Crippen molar-refractivity contribution in [2.24, 2.45) is 5.92 Å². The number of hydrogen-bond donors (Lipinski definition) is 0. The molecule has 2 amide bonds. The average molecular weight is 546 g/mol. The molecule has 0 N–H and O–H groups in total. The molecule has 0 unspecified atom stereocenters. The zero-order chi connectivity index (χ0) is 26.8. The zero-order valence-electron chi connectivity index (χ0n) is 21.2. The lowest BCUT2D eigenvalue weighted by molar-refractivity contribution is -0.152. The Labute approximate surface area is 226 Å². The Morgan fingerprint density at radius 3 is 2.65 bits per heavy atom. The summed E-state index contributed by atoms with van der Waals surface area (Å²) < 4.78 is 14.6. The molecule has 0 aliphatic carbocycles. The van der Waals surface area contributed by atoms with Crippen molar-refractivity contribution in [1.29, 1.82) is 0 Å². The first-order chi connectivity index (χ1) is 17.5. The van der Waals surface area contributed by atoms with Crippen molar-refractivity contribution in [3.05, 3.63) is 35.9 Å². The molecule has 0 spiro atoms. The van der Waals surface area contributed by atoms with Crippen LogP contribution in [0.2, 0.25) is 0 Å². The van der Waals surface area contributed by atoms with Crippen LogP contribution in [0.5, 0.6) is 0 Å². The summed E-state index contributed by atoms with van der Waals surface area (Å²) in [5, 5.41) is -0.316. The predicted molar refractivity (Wildman–Crippen MR) is 141 cm³/mol. The van der Waals surface area contributed by atoms with Gasteiger partial charge in [0.1, 0.15) is 11.4 Å². The molecule has 4 atom stereocenters. The number of ether oxygens (including phenoxy) is 2. The van der Waals surface area contributed by atoms with E-state index in [0.29, 0.717) is 25.5 Å². The van der Waals surface area contributed by atoms with Gasteiger partial charge in [0.15, 0.2) is 4.08 Å². The Hall–Kier alpha value is -2.18. The number of thioether (sulfide) groups is 2. The first-order valence-electron chi connectivity index (χ1n) is 12.2. The fourth-order valence-electron chi connectivity index (χ4n) is 4.62. The number of ketones is 1. The number of β-lactam (4-membered cyclic amide) rings is 1. The first kappa shape index (κ1) is 27.8. The van der Waals surface area contributed by atoms with Gasteiger partial charge in [0, 0.05) is 25.1 Å². The van der Waals surface area contributed by atoms with Gasteiger partial charge in [0.05, 0.1) is 37.1 Å². The number of fused-ring (bicyclic) bond motifs is 1. The van der Waals surface area contributed by atoms with E-state index in [9.17, 15) is 19.2 Å². The van der Waals surface area contributed by atoms with E-state index in [1.54, 1.807) is 30.6 Å². The van der Waals surface area contributed by atoms with Gasteiger partial charge in [-0.05, 0) is 26.3 Å². The molecular formula is C25H31BN2O7S2. The molecule has 0 aromatic heterocycles. The van der Waals surface area contributed by atoms with Gasteiger partial charge in [-0.25, -0.2) is 4.79 Å². The summed E-state index contributed by atoms with van der Waals surface area (Å²) in [5.74, 6) is -0.968. The summed E-state index contributed by atoms with van der Waals surface area (Å²) in [6.07, 6.45) is -0.0649. The van der Waals surface area contributed by atoms with Crippen LogP contribution in [-0.2, 0) is 34.9 Å². The molecule has 198 valence electrons. The lowest BCUT2D eigenvalue weighted by atomic mass is 9.90. The molecule has 3 fully saturated rings. The van der Waals surface area contributed by atoms with E-state index < -0.39 is 27.7 Å². The van der Waals surface area contributed by atoms with Crippen LogP contribution in [0.1, 0.15) is 32.8 Å². The summed E-state index contributed by atoms with van der Waals surface area (Å²) in [4.78, 5) is 54.4. The summed E-state index contributed by atoms with van der Waals surface area (Å²) in [6, 6.07) is 9.06. The smallest absolute Gasteiger partial charge is 0.410 e. The Kier molecular flexibility index (Phi) is 8.50. The number of carbonyl (C=O) groups is 4. The average Bonchev–Trinajstić information content (AvgIpc) is 3.22. The maximum atomic E-state index is 12.9. The molecule has 3 saturated heterocycles. The van der Waals surface area contributed by atoms with Gasteiger partial charge in [0.2, 0.25) is 5.91 Å². The highest BCUT2D eigenvalue weighted by molar-refractivity contribution is 8.20. The van der Waals surface area contributed by atoms with Gasteiger partial charge in [-0.1, -0.05) is 30.3 Å². The van der Waals surface area contributed by atoms with E-state index in [4.69, 9.17) is 17.5 Å². The number of Topliss-reactive ketones (excluding diaryl/α,β-unsaturated/α-hetero) is 1. The number of amides is 2. The molecular weight excluding hydrogens is 515 g/mol. The van der Waals surface area contributed by atoms with Crippen molar-refractivity contribution >= 4 is 55.3 Å². The third-order valence-electron chi connectivity index (χ3n) is 6.42. The molecule has 9 nitrogen and oxygen atoms in total. The van der Waals surface area contributed by atoms with Crippen LogP contribution in [-0.4, -0.2) is 94.8 Å². The SMILES string of the molecule is [B]OC(=O)[C@@]1(SC[C@H]2COCCN2C(=O)OC(C)(C)C)CN2C(=O)[C@@H](CC(=O)Cc3ccccc3)[C@H]2S1. The van der Waals surface area contributed by atoms with Gasteiger partial charge in [0.25, 0.3) is 0 Å². The molecule has 2 radical (unpaired) electrons. The van der Waals surface area contributed by atoms with E-state index in [0.717, 1.165) is 5.56 Å². The normalized spacial score (nSPS) is 27.3. The quantitative estimate of drug-likeness (QED) is 0.359. The van der Waals surface area contributed by atoms with E-state index in [1.807, 2.05) is 30.3 Å². The second kappa shape index (κ2) is 11.3. The summed E-state index contributed by atoms with van der Waals surface area (Å²) in [5.41, 5.74) is 0.259. The zero-order valence-corrected chi connectivity index (χ0v) is 22.8. The van der Waals surface area contributed by atoms with Crippen molar-refractivity contribution < 1.29 is 33.3 Å². The molecule has 1 aromatic rings. The van der Waals surface area contributed by atoms with Crippen molar-refractivity contribution in [2.45, 2.75) is 54.7 Å². The third-order valence-corrected chi connectivity index (χ3v) is 9.87. The first-order valence-corrected chi connectivity index (χ1v) is 14.1. The fraction of sp³-hybridized carbons (Fsp3) is 0.600. The van der Waals surface area contributed by atoms with Crippen LogP contribution in [0, 0.1) is 5.92 Å². The molecule has 37 heavy (non-hydrogen) atoms. The predicted octanol–water partition coefficient (Wildman–Crippen LogP) is 2.41. The Balaban J connectivity index is 1.41. The van der Waals surface area contributed by atoms with Gasteiger partial charge in [-0.3, -0.25) is 19.3 Å². The van der Waals surface area contributed by atoms with Crippen molar-refractivity contribution in [3.8, 4) is 0 Å². The van der Waals surface area contributed by atoms with Crippen molar-refractivity contribution in [2.75, 3.05) is 32.1 Å². The Bertz CT molecular complexity index is 1040. The van der Waals surface area contributed by atoms with Gasteiger partial charge >= 0.3 is 20.1 Å². The summed E-state index contributed by atoms with van der Waals surface area (Å²) in [7, 11) is 5.29. The molecule has 1 aromatic carbocycles. The molecule has 4 rings (SSSR count). The lowest BCUT2D eigenvalue weighted by Gasteiger charge is -2.41. The maximum Gasteiger partial charge on any atom is 0.410 e. The molecule has 0 bridgehead atoms. The van der Waals surface area contributed by atoms with E-state index >= 15 is 0 Å². The lowest BCUT2D eigenvalue weighted by Crippen LogP contribution is -2.57. The van der Waals surface area contributed by atoms with E-state index in [2.05, 4.69) is 4.65 Å². The highest BCUT2D eigenvalue weighted by atomic mass is 32.2. The molecule has 3 heterocycles. The van der Waals surface area contributed by atoms with Crippen LogP contribution in [0.4, 0.5) is 4.79 Å². The van der Waals surface area contributed by atoms with Crippen LogP contribution < -0.4 is 0 Å². The largest absolute Gasteiger partial charge is 0.542 e. The number of hydrogen-bond acceptors (Lipinski definition) is 9.